The van der Waals surface area contributed by atoms with Crippen LogP contribution in [0.5, 0.6) is 0 Å². The highest BCUT2D eigenvalue weighted by Crippen LogP contribution is 2.25. The van der Waals surface area contributed by atoms with E-state index in [0.29, 0.717) is 0 Å². The molecular weight excluding hydrogens is 258 g/mol. The Bertz CT molecular complexity index is 390. The van der Waals surface area contributed by atoms with Crippen molar-refractivity contribution < 1.29 is 0 Å². The van der Waals surface area contributed by atoms with E-state index in [2.05, 4.69) is 39.9 Å². The molecule has 0 spiro atoms. The Hall–Kier alpha value is -0.720. The van der Waals surface area contributed by atoms with E-state index in [1.54, 1.807) is 0 Å². The molecule has 1 aliphatic rings. The minimum Gasteiger partial charge on any atom is -0.344 e. The molecule has 0 aliphatic carbocycles. The van der Waals surface area contributed by atoms with Crippen LogP contribution >= 0.6 is 11.5 Å². The summed E-state index contributed by atoms with van der Waals surface area (Å²) in [7, 11) is 0. The first-order valence-corrected chi connectivity index (χ1v) is 7.79. The standard InChI is InChI=1S/C13H25N5S/c1-13(2,3)11-15-12(19-16-11)18-9-7-17(8-10-18)6-4-5-14/h4-10,14H2,1-3H3. The van der Waals surface area contributed by atoms with Crippen LogP contribution in [0, 0.1) is 0 Å². The van der Waals surface area contributed by atoms with Crippen LogP contribution in [-0.2, 0) is 5.41 Å². The maximum atomic E-state index is 5.55. The van der Waals surface area contributed by atoms with Gasteiger partial charge in [-0.1, -0.05) is 20.8 Å². The maximum absolute atomic E-state index is 5.55. The molecule has 6 heteroatoms. The molecule has 1 aliphatic heterocycles. The second-order valence-electron chi connectivity index (χ2n) is 6.12. The number of hydrogen-bond acceptors (Lipinski definition) is 6. The lowest BCUT2D eigenvalue weighted by atomic mass is 9.96. The molecule has 1 fully saturated rings. The third-order valence-corrected chi connectivity index (χ3v) is 4.18. The first-order valence-electron chi connectivity index (χ1n) is 7.02. The van der Waals surface area contributed by atoms with Crippen molar-refractivity contribution in [2.24, 2.45) is 5.73 Å². The van der Waals surface area contributed by atoms with Gasteiger partial charge < -0.3 is 10.6 Å². The monoisotopic (exact) mass is 283 g/mol. The predicted octanol–water partition coefficient (Wildman–Crippen LogP) is 1.31. The summed E-state index contributed by atoms with van der Waals surface area (Å²) in [4.78, 5) is 9.52. The van der Waals surface area contributed by atoms with Crippen molar-refractivity contribution in [1.82, 2.24) is 14.3 Å². The number of hydrogen-bond donors (Lipinski definition) is 1. The molecule has 1 aromatic rings. The van der Waals surface area contributed by atoms with Gasteiger partial charge in [0.2, 0.25) is 5.13 Å². The normalized spacial score (nSPS) is 18.0. The van der Waals surface area contributed by atoms with E-state index in [1.165, 1.54) is 11.5 Å². The molecule has 0 saturated carbocycles. The minimum atomic E-state index is 0.0394. The summed E-state index contributed by atoms with van der Waals surface area (Å²) in [6.45, 7) is 12.7. The zero-order valence-corrected chi connectivity index (χ0v) is 13.0. The number of nitrogens with two attached hydrogens (primary N) is 1. The van der Waals surface area contributed by atoms with Gasteiger partial charge in [-0.2, -0.15) is 4.37 Å². The molecular formula is C13H25N5S. The highest BCUT2D eigenvalue weighted by Gasteiger charge is 2.23. The Labute approximate surface area is 120 Å². The minimum absolute atomic E-state index is 0.0394. The van der Waals surface area contributed by atoms with E-state index in [1.807, 2.05) is 0 Å². The lowest BCUT2D eigenvalue weighted by Crippen LogP contribution is -2.46. The fraction of sp³-hybridized carbons (Fsp3) is 0.846. The number of rotatable bonds is 4. The zero-order chi connectivity index (χ0) is 13.9. The molecule has 2 N–H and O–H groups in total. The van der Waals surface area contributed by atoms with Crippen LogP contribution < -0.4 is 10.6 Å². The summed E-state index contributed by atoms with van der Waals surface area (Å²) in [5, 5.41) is 1.07. The highest BCUT2D eigenvalue weighted by atomic mass is 32.1. The average molecular weight is 283 g/mol. The van der Waals surface area contributed by atoms with E-state index in [9.17, 15) is 0 Å². The molecule has 0 radical (unpaired) electrons. The van der Waals surface area contributed by atoms with Crippen molar-refractivity contribution in [2.45, 2.75) is 32.6 Å². The molecule has 1 saturated heterocycles. The quantitative estimate of drug-likeness (QED) is 0.903. The van der Waals surface area contributed by atoms with Crippen molar-refractivity contribution in [3.8, 4) is 0 Å². The van der Waals surface area contributed by atoms with Gasteiger partial charge in [-0.25, -0.2) is 4.98 Å². The Kier molecular flexibility index (Phi) is 4.76. The molecule has 2 heterocycles. The van der Waals surface area contributed by atoms with Crippen molar-refractivity contribution in [3.05, 3.63) is 5.82 Å². The zero-order valence-electron chi connectivity index (χ0n) is 12.2. The molecule has 1 aromatic heterocycles. The van der Waals surface area contributed by atoms with E-state index in [0.717, 1.165) is 56.6 Å². The Balaban J connectivity index is 1.89. The maximum Gasteiger partial charge on any atom is 0.205 e. The molecule has 108 valence electrons. The first-order chi connectivity index (χ1) is 9.00. The molecule has 0 unspecified atom stereocenters. The van der Waals surface area contributed by atoms with Gasteiger partial charge in [-0.3, -0.25) is 4.90 Å². The smallest absolute Gasteiger partial charge is 0.205 e. The van der Waals surface area contributed by atoms with Gasteiger partial charge >= 0.3 is 0 Å². The van der Waals surface area contributed by atoms with Crippen molar-refractivity contribution in [1.29, 1.82) is 0 Å². The molecule has 2 rings (SSSR count). The number of piperazine rings is 1. The van der Waals surface area contributed by atoms with Gasteiger partial charge in [0.25, 0.3) is 0 Å². The molecule has 5 nitrogen and oxygen atoms in total. The highest BCUT2D eigenvalue weighted by molar-refractivity contribution is 7.09. The summed E-state index contributed by atoms with van der Waals surface area (Å²) in [6, 6.07) is 0. The van der Waals surface area contributed by atoms with Gasteiger partial charge in [0.15, 0.2) is 0 Å². The fourth-order valence-electron chi connectivity index (χ4n) is 2.13. The SMILES string of the molecule is CC(C)(C)c1nsc(N2CCN(CCCN)CC2)n1. The van der Waals surface area contributed by atoms with E-state index in [4.69, 9.17) is 5.73 Å². The van der Waals surface area contributed by atoms with E-state index in [-0.39, 0.29) is 5.41 Å². The Morgan fingerprint density at radius 3 is 2.42 bits per heavy atom. The molecule has 0 atom stereocenters. The Morgan fingerprint density at radius 2 is 1.89 bits per heavy atom. The van der Waals surface area contributed by atoms with Crippen molar-refractivity contribution >= 4 is 16.7 Å². The number of nitrogens with zero attached hydrogens (tertiary/aromatic N) is 4. The summed E-state index contributed by atoms with van der Waals surface area (Å²) >= 11 is 1.53. The lowest BCUT2D eigenvalue weighted by molar-refractivity contribution is 0.256. The molecule has 0 amide bonds. The summed E-state index contributed by atoms with van der Waals surface area (Å²) in [5.74, 6) is 0.957. The topological polar surface area (TPSA) is 58.3 Å². The van der Waals surface area contributed by atoms with Crippen molar-refractivity contribution in [2.75, 3.05) is 44.2 Å². The second-order valence-corrected chi connectivity index (χ2v) is 6.85. The third kappa shape index (κ3) is 3.87. The largest absolute Gasteiger partial charge is 0.344 e. The molecule has 19 heavy (non-hydrogen) atoms. The number of anilines is 1. The third-order valence-electron chi connectivity index (χ3n) is 3.41. The van der Waals surface area contributed by atoms with Gasteiger partial charge in [0.1, 0.15) is 5.82 Å². The predicted molar refractivity (Wildman–Crippen MR) is 80.9 cm³/mol. The van der Waals surface area contributed by atoms with Gasteiger partial charge in [-0.05, 0) is 19.5 Å². The van der Waals surface area contributed by atoms with Gasteiger partial charge in [-0.15, -0.1) is 0 Å². The van der Waals surface area contributed by atoms with Crippen LogP contribution in [0.25, 0.3) is 0 Å². The summed E-state index contributed by atoms with van der Waals surface area (Å²) in [5.41, 5.74) is 5.59. The molecule has 0 aromatic carbocycles. The average Bonchev–Trinajstić information content (AvgIpc) is 2.86. The second kappa shape index (κ2) is 6.15. The summed E-state index contributed by atoms with van der Waals surface area (Å²) < 4.78 is 4.49. The van der Waals surface area contributed by atoms with Crippen LogP contribution in [0.1, 0.15) is 33.0 Å². The fourth-order valence-corrected chi connectivity index (χ4v) is 3.03. The van der Waals surface area contributed by atoms with Crippen molar-refractivity contribution in [3.63, 3.8) is 0 Å². The van der Waals surface area contributed by atoms with E-state index < -0.39 is 0 Å². The summed E-state index contributed by atoms with van der Waals surface area (Å²) in [6.07, 6.45) is 1.09. The van der Waals surface area contributed by atoms with Crippen LogP contribution in [-0.4, -0.2) is 53.5 Å². The van der Waals surface area contributed by atoms with Crippen LogP contribution in [0.15, 0.2) is 0 Å². The van der Waals surface area contributed by atoms with Crippen LogP contribution in [0.3, 0.4) is 0 Å². The van der Waals surface area contributed by atoms with Crippen LogP contribution in [0.4, 0.5) is 5.13 Å². The molecule has 0 bridgehead atoms. The van der Waals surface area contributed by atoms with E-state index >= 15 is 0 Å². The first kappa shape index (κ1) is 14.7. The Morgan fingerprint density at radius 1 is 1.21 bits per heavy atom. The van der Waals surface area contributed by atoms with Gasteiger partial charge in [0, 0.05) is 43.1 Å². The number of aromatic nitrogens is 2. The lowest BCUT2D eigenvalue weighted by Gasteiger charge is -2.34. The van der Waals surface area contributed by atoms with Crippen LogP contribution in [0.2, 0.25) is 0 Å². The van der Waals surface area contributed by atoms with Gasteiger partial charge in [0.05, 0.1) is 0 Å².